The highest BCUT2D eigenvalue weighted by molar-refractivity contribution is 7.13. The number of amides is 1. The van der Waals surface area contributed by atoms with E-state index in [-0.39, 0.29) is 18.4 Å². The molecule has 0 radical (unpaired) electrons. The molecule has 3 rings (SSSR count). The van der Waals surface area contributed by atoms with Crippen molar-refractivity contribution in [1.82, 2.24) is 10.3 Å². The number of rotatable bonds is 6. The van der Waals surface area contributed by atoms with Crippen LogP contribution in [-0.4, -0.2) is 29.0 Å². The largest absolute Gasteiger partial charge is 0.452 e. The van der Waals surface area contributed by atoms with Crippen molar-refractivity contribution in [2.45, 2.75) is 45.3 Å². The molecule has 6 heteroatoms. The van der Waals surface area contributed by atoms with Crippen LogP contribution < -0.4 is 5.32 Å². The van der Waals surface area contributed by atoms with Crippen molar-refractivity contribution < 1.29 is 14.3 Å². The zero-order chi connectivity index (χ0) is 17.1. The molecule has 2 aromatic rings. The molecule has 1 atom stereocenters. The van der Waals surface area contributed by atoms with Gasteiger partial charge in [-0.3, -0.25) is 9.59 Å². The predicted molar refractivity (Wildman–Crippen MR) is 92.7 cm³/mol. The second-order valence-electron chi connectivity index (χ2n) is 6.10. The van der Waals surface area contributed by atoms with Crippen molar-refractivity contribution in [3.63, 3.8) is 0 Å². The molecule has 1 aromatic heterocycles. The highest BCUT2D eigenvalue weighted by atomic mass is 32.1. The van der Waals surface area contributed by atoms with Gasteiger partial charge in [-0.15, -0.1) is 11.3 Å². The first-order valence-electron chi connectivity index (χ1n) is 8.02. The van der Waals surface area contributed by atoms with E-state index in [4.69, 9.17) is 4.74 Å². The van der Waals surface area contributed by atoms with Gasteiger partial charge in [0, 0.05) is 17.0 Å². The van der Waals surface area contributed by atoms with Crippen LogP contribution in [0.1, 0.15) is 31.0 Å². The van der Waals surface area contributed by atoms with E-state index in [1.165, 1.54) is 16.9 Å². The summed E-state index contributed by atoms with van der Waals surface area (Å²) in [5, 5.41) is 5.55. The summed E-state index contributed by atoms with van der Waals surface area (Å²) in [5.41, 5.74) is 2.88. The highest BCUT2D eigenvalue weighted by Gasteiger charge is 2.27. The van der Waals surface area contributed by atoms with E-state index in [2.05, 4.69) is 10.3 Å². The van der Waals surface area contributed by atoms with Gasteiger partial charge in [0.2, 0.25) is 0 Å². The first-order chi connectivity index (χ1) is 11.5. The molecule has 0 bridgehead atoms. The van der Waals surface area contributed by atoms with Crippen LogP contribution >= 0.6 is 11.3 Å². The third kappa shape index (κ3) is 4.41. The molecule has 1 N–H and O–H groups in total. The van der Waals surface area contributed by atoms with Crippen molar-refractivity contribution in [2.24, 2.45) is 0 Å². The van der Waals surface area contributed by atoms with E-state index in [0.717, 1.165) is 23.4 Å². The van der Waals surface area contributed by atoms with E-state index < -0.39 is 12.1 Å². The molecule has 1 fully saturated rings. The third-order valence-corrected chi connectivity index (χ3v) is 4.72. The molecule has 0 spiro atoms. The van der Waals surface area contributed by atoms with Gasteiger partial charge in [0.25, 0.3) is 5.91 Å². The van der Waals surface area contributed by atoms with Gasteiger partial charge in [0.15, 0.2) is 6.10 Å². The molecular formula is C18H20N2O3S. The first-order valence-corrected chi connectivity index (χ1v) is 8.90. The summed E-state index contributed by atoms with van der Waals surface area (Å²) in [7, 11) is 0. The minimum absolute atomic E-state index is 0.0728. The van der Waals surface area contributed by atoms with Crippen molar-refractivity contribution in [2.75, 3.05) is 0 Å². The van der Waals surface area contributed by atoms with Crippen LogP contribution in [0.2, 0.25) is 0 Å². The summed E-state index contributed by atoms with van der Waals surface area (Å²) in [6.45, 7) is 3.63. The lowest BCUT2D eigenvalue weighted by molar-refractivity contribution is -0.154. The quantitative estimate of drug-likeness (QED) is 0.818. The van der Waals surface area contributed by atoms with Gasteiger partial charge < -0.3 is 10.1 Å². The Morgan fingerprint density at radius 3 is 2.71 bits per heavy atom. The molecule has 1 heterocycles. The second-order valence-corrected chi connectivity index (χ2v) is 6.96. The van der Waals surface area contributed by atoms with E-state index in [1.54, 1.807) is 6.92 Å². The lowest BCUT2D eigenvalue weighted by Gasteiger charge is -2.12. The Kier molecular flexibility index (Phi) is 4.94. The number of aromatic nitrogens is 1. The van der Waals surface area contributed by atoms with Crippen molar-refractivity contribution in [3.05, 3.63) is 40.9 Å². The fourth-order valence-corrected chi connectivity index (χ4v) is 3.03. The number of thiazole rings is 1. The van der Waals surface area contributed by atoms with Crippen molar-refractivity contribution >= 4 is 23.2 Å². The van der Waals surface area contributed by atoms with E-state index in [0.29, 0.717) is 5.69 Å². The summed E-state index contributed by atoms with van der Waals surface area (Å²) in [6, 6.07) is 8.35. The average Bonchev–Trinajstić information content (AvgIpc) is 3.24. The first kappa shape index (κ1) is 16.6. The number of benzene rings is 1. The molecule has 0 aliphatic heterocycles. The summed E-state index contributed by atoms with van der Waals surface area (Å²) in [5.74, 6) is -0.668. The predicted octanol–water partition coefficient (Wildman–Crippen LogP) is 2.87. The van der Waals surface area contributed by atoms with E-state index in [9.17, 15) is 9.59 Å². The number of esters is 1. The minimum atomic E-state index is -0.770. The maximum atomic E-state index is 12.0. The van der Waals surface area contributed by atoms with Crippen LogP contribution in [0.3, 0.4) is 0 Å². The molecule has 1 aliphatic rings. The Bertz CT molecular complexity index is 735. The monoisotopic (exact) mass is 344 g/mol. The molecule has 0 unspecified atom stereocenters. The summed E-state index contributed by atoms with van der Waals surface area (Å²) in [4.78, 5) is 28.3. The van der Waals surface area contributed by atoms with E-state index >= 15 is 0 Å². The van der Waals surface area contributed by atoms with Gasteiger partial charge in [-0.05, 0) is 26.7 Å². The zero-order valence-corrected chi connectivity index (χ0v) is 14.6. The standard InChI is InChI=1S/C18H20N2O3S/c1-11-3-5-13(6-4-11)18-20-15(10-24-18)9-16(21)23-12(2)17(22)19-14-7-8-14/h3-6,10,12,14H,7-9H2,1-2H3,(H,19,22)/t12-/m1/s1. The smallest absolute Gasteiger partial charge is 0.312 e. The number of aryl methyl sites for hydroxylation is 1. The minimum Gasteiger partial charge on any atom is -0.452 e. The van der Waals surface area contributed by atoms with Gasteiger partial charge in [0.1, 0.15) is 5.01 Å². The lowest BCUT2D eigenvalue weighted by atomic mass is 10.2. The van der Waals surface area contributed by atoms with E-state index in [1.807, 2.05) is 36.6 Å². The summed E-state index contributed by atoms with van der Waals surface area (Å²) in [6.07, 6.45) is 1.32. The third-order valence-electron chi connectivity index (χ3n) is 3.78. The maximum Gasteiger partial charge on any atom is 0.312 e. The zero-order valence-electron chi connectivity index (χ0n) is 13.7. The van der Waals surface area contributed by atoms with Crippen molar-refractivity contribution in [1.29, 1.82) is 0 Å². The molecule has 126 valence electrons. The van der Waals surface area contributed by atoms with Crippen LogP contribution in [0, 0.1) is 6.92 Å². The number of carbonyl (C=O) groups excluding carboxylic acids is 2. The van der Waals surface area contributed by atoms with Gasteiger partial charge in [0.05, 0.1) is 12.1 Å². The molecule has 1 aliphatic carbocycles. The molecule has 5 nitrogen and oxygen atoms in total. The average molecular weight is 344 g/mol. The van der Waals surface area contributed by atoms with Crippen molar-refractivity contribution in [3.8, 4) is 10.6 Å². The molecule has 1 aromatic carbocycles. The topological polar surface area (TPSA) is 68.3 Å². The fraction of sp³-hybridized carbons (Fsp3) is 0.389. The number of ether oxygens (including phenoxy) is 1. The maximum absolute atomic E-state index is 12.0. The van der Waals surface area contributed by atoms with Crippen LogP contribution in [-0.2, 0) is 20.7 Å². The Morgan fingerprint density at radius 1 is 1.33 bits per heavy atom. The Labute approximate surface area is 145 Å². The summed E-state index contributed by atoms with van der Waals surface area (Å²) >= 11 is 1.49. The number of hydrogen-bond donors (Lipinski definition) is 1. The molecule has 0 saturated heterocycles. The molecule has 1 saturated carbocycles. The Balaban J connectivity index is 1.54. The summed E-state index contributed by atoms with van der Waals surface area (Å²) < 4.78 is 5.19. The number of nitrogens with one attached hydrogen (secondary N) is 1. The van der Waals surface area contributed by atoms with Crippen LogP contribution in [0.4, 0.5) is 0 Å². The van der Waals surface area contributed by atoms with Crippen LogP contribution in [0.5, 0.6) is 0 Å². The highest BCUT2D eigenvalue weighted by Crippen LogP contribution is 2.24. The van der Waals surface area contributed by atoms with Gasteiger partial charge in [-0.1, -0.05) is 29.8 Å². The van der Waals surface area contributed by atoms with Gasteiger partial charge >= 0.3 is 5.97 Å². The SMILES string of the molecule is Cc1ccc(-c2nc(CC(=O)O[C@H](C)C(=O)NC3CC3)cs2)cc1. The normalized spacial score (nSPS) is 14.9. The molecular weight excluding hydrogens is 324 g/mol. The molecule has 1 amide bonds. The number of carbonyl (C=O) groups is 2. The van der Waals surface area contributed by atoms with Gasteiger partial charge in [-0.25, -0.2) is 4.98 Å². The molecule has 24 heavy (non-hydrogen) atoms. The lowest BCUT2D eigenvalue weighted by Crippen LogP contribution is -2.37. The second kappa shape index (κ2) is 7.13. The fourth-order valence-electron chi connectivity index (χ4n) is 2.20. The Hall–Kier alpha value is -2.21. The van der Waals surface area contributed by atoms with Gasteiger partial charge in [-0.2, -0.15) is 0 Å². The number of nitrogens with zero attached hydrogens (tertiary/aromatic N) is 1. The Morgan fingerprint density at radius 2 is 2.04 bits per heavy atom. The number of hydrogen-bond acceptors (Lipinski definition) is 5. The van der Waals surface area contributed by atoms with Crippen LogP contribution in [0.25, 0.3) is 10.6 Å². The van der Waals surface area contributed by atoms with Crippen LogP contribution in [0.15, 0.2) is 29.6 Å².